The Morgan fingerprint density at radius 2 is 1.23 bits per heavy atom. The minimum atomic E-state index is -1.76. The van der Waals surface area contributed by atoms with Crippen molar-refractivity contribution in [1.29, 1.82) is 0 Å². The molecule has 4 nitrogen and oxygen atoms in total. The van der Waals surface area contributed by atoms with E-state index in [0.29, 0.717) is 5.75 Å². The van der Waals surface area contributed by atoms with Crippen molar-refractivity contribution in [2.75, 3.05) is 7.11 Å². The maximum absolute atomic E-state index is 11.3. The molecule has 2 rings (SSSR count). The number of ether oxygens (including phenoxy) is 2. The molecule has 2 aromatic rings. The zero-order valence-electron chi connectivity index (χ0n) is 20.0. The van der Waals surface area contributed by atoms with E-state index >= 15 is 0 Å². The summed E-state index contributed by atoms with van der Waals surface area (Å²) < 4.78 is 17.6. The summed E-state index contributed by atoms with van der Waals surface area (Å²) in [7, 11) is -1.75. The summed E-state index contributed by atoms with van der Waals surface area (Å²) in [6.45, 7) is 10.8. The van der Waals surface area contributed by atoms with Crippen molar-refractivity contribution in [2.24, 2.45) is 0 Å². The number of methoxy groups -OCH3 is 1. The molecule has 31 heavy (non-hydrogen) atoms. The minimum absolute atomic E-state index is 0.272. The zero-order valence-corrected chi connectivity index (χ0v) is 22.0. The van der Waals surface area contributed by atoms with Crippen LogP contribution in [0.25, 0.3) is 0 Å². The number of rotatable bonds is 12. The van der Waals surface area contributed by atoms with Crippen molar-refractivity contribution in [3.63, 3.8) is 0 Å². The SMILES string of the molecule is COc1ccccc1CCC[Si](C)(C)O[Si](C)(C)CCCc1ccccc1OC(C)=O. The molecule has 0 heterocycles. The van der Waals surface area contributed by atoms with Crippen molar-refractivity contribution in [1.82, 2.24) is 0 Å². The van der Waals surface area contributed by atoms with Crippen LogP contribution >= 0.6 is 0 Å². The number of para-hydroxylation sites is 2. The molecular weight excluding hydrogens is 420 g/mol. The molecule has 0 spiro atoms. The first kappa shape index (κ1) is 25.4. The third-order valence-electron chi connectivity index (χ3n) is 5.42. The van der Waals surface area contributed by atoms with Crippen molar-refractivity contribution < 1.29 is 18.4 Å². The average molecular weight is 459 g/mol. The van der Waals surface area contributed by atoms with Crippen LogP contribution in [0, 0.1) is 0 Å². The van der Waals surface area contributed by atoms with E-state index in [4.69, 9.17) is 13.6 Å². The molecule has 0 radical (unpaired) electrons. The molecule has 0 aliphatic carbocycles. The number of hydrogen-bond donors (Lipinski definition) is 0. The number of hydrogen-bond acceptors (Lipinski definition) is 4. The van der Waals surface area contributed by atoms with Gasteiger partial charge in [0.2, 0.25) is 0 Å². The van der Waals surface area contributed by atoms with Crippen LogP contribution in [-0.4, -0.2) is 29.7 Å². The topological polar surface area (TPSA) is 44.8 Å². The first-order valence-electron chi connectivity index (χ1n) is 11.2. The maximum atomic E-state index is 11.3. The van der Waals surface area contributed by atoms with Gasteiger partial charge in [-0.15, -0.1) is 0 Å². The summed E-state index contributed by atoms with van der Waals surface area (Å²) >= 11 is 0. The fourth-order valence-electron chi connectivity index (χ4n) is 4.13. The van der Waals surface area contributed by atoms with Crippen molar-refractivity contribution in [2.45, 2.75) is 70.9 Å². The van der Waals surface area contributed by atoms with Gasteiger partial charge in [-0.05, 0) is 87.2 Å². The number of benzene rings is 2. The quantitative estimate of drug-likeness (QED) is 0.204. The molecule has 6 heteroatoms. The van der Waals surface area contributed by atoms with Crippen LogP contribution in [0.3, 0.4) is 0 Å². The standard InChI is InChI=1S/C25H38O4Si2/c1-21(26)28-25-18-10-8-14-23(25)16-12-20-31(5,6)29-30(3,4)19-11-15-22-13-7-9-17-24(22)27-2/h7-10,13-14,17-18H,11-12,15-16,19-20H2,1-6H3. The van der Waals surface area contributed by atoms with Crippen molar-refractivity contribution >= 4 is 22.6 Å². The van der Waals surface area contributed by atoms with Crippen molar-refractivity contribution in [3.05, 3.63) is 59.7 Å². The van der Waals surface area contributed by atoms with E-state index < -0.39 is 16.6 Å². The maximum Gasteiger partial charge on any atom is 0.308 e. The molecule has 0 saturated heterocycles. The second-order valence-corrected chi connectivity index (χ2v) is 18.2. The third-order valence-corrected chi connectivity index (χ3v) is 13.0. The smallest absolute Gasteiger partial charge is 0.308 e. The van der Waals surface area contributed by atoms with Crippen LogP contribution in [0.5, 0.6) is 11.5 Å². The van der Waals surface area contributed by atoms with Crippen LogP contribution < -0.4 is 9.47 Å². The monoisotopic (exact) mass is 458 g/mol. The summed E-state index contributed by atoms with van der Waals surface area (Å²) in [6, 6.07) is 18.3. The van der Waals surface area contributed by atoms with Crippen LogP contribution in [0.15, 0.2) is 48.5 Å². The summed E-state index contributed by atoms with van der Waals surface area (Å²) in [5, 5.41) is 0. The lowest BCUT2D eigenvalue weighted by molar-refractivity contribution is -0.131. The van der Waals surface area contributed by atoms with E-state index in [9.17, 15) is 4.79 Å². The Bertz CT molecular complexity index is 849. The molecule has 0 atom stereocenters. The third kappa shape index (κ3) is 9.01. The number of esters is 1. The normalized spacial score (nSPS) is 11.9. The molecule has 0 fully saturated rings. The van der Waals surface area contributed by atoms with Crippen LogP contribution in [0.2, 0.25) is 38.3 Å². The second-order valence-electron chi connectivity index (χ2n) is 9.34. The molecule has 0 bridgehead atoms. The van der Waals surface area contributed by atoms with Crippen molar-refractivity contribution in [3.8, 4) is 11.5 Å². The van der Waals surface area contributed by atoms with Gasteiger partial charge >= 0.3 is 5.97 Å². The van der Waals surface area contributed by atoms with Crippen LogP contribution in [0.1, 0.15) is 30.9 Å². The molecule has 0 aliphatic heterocycles. The van der Waals surface area contributed by atoms with Gasteiger partial charge in [0.25, 0.3) is 0 Å². The fourth-order valence-corrected chi connectivity index (χ4v) is 13.0. The van der Waals surface area contributed by atoms with Crippen LogP contribution in [0.4, 0.5) is 0 Å². The lowest BCUT2D eigenvalue weighted by Crippen LogP contribution is -2.44. The minimum Gasteiger partial charge on any atom is -0.496 e. The largest absolute Gasteiger partial charge is 0.496 e. The van der Waals surface area contributed by atoms with E-state index in [0.717, 1.165) is 49.1 Å². The van der Waals surface area contributed by atoms with Gasteiger partial charge in [0.05, 0.1) is 7.11 Å². The molecule has 170 valence electrons. The van der Waals surface area contributed by atoms with Gasteiger partial charge in [-0.3, -0.25) is 4.79 Å². The molecular formula is C25H38O4Si2. The van der Waals surface area contributed by atoms with Gasteiger partial charge in [0.15, 0.2) is 16.6 Å². The zero-order chi connectivity index (χ0) is 22.9. The highest BCUT2D eigenvalue weighted by Crippen LogP contribution is 2.28. The highest BCUT2D eigenvalue weighted by atomic mass is 28.4. The highest BCUT2D eigenvalue weighted by molar-refractivity contribution is 6.84. The lowest BCUT2D eigenvalue weighted by Gasteiger charge is -2.34. The van der Waals surface area contributed by atoms with Gasteiger partial charge < -0.3 is 13.6 Å². The lowest BCUT2D eigenvalue weighted by atomic mass is 10.1. The molecule has 0 saturated carbocycles. The predicted molar refractivity (Wildman–Crippen MR) is 133 cm³/mol. The van der Waals surface area contributed by atoms with Gasteiger partial charge in [-0.1, -0.05) is 36.4 Å². The first-order valence-corrected chi connectivity index (χ1v) is 17.4. The molecule has 0 unspecified atom stereocenters. The molecule has 0 aromatic heterocycles. The fraction of sp³-hybridized carbons (Fsp3) is 0.480. The molecule has 2 aromatic carbocycles. The van der Waals surface area contributed by atoms with Gasteiger partial charge in [-0.25, -0.2) is 0 Å². The second kappa shape index (κ2) is 11.6. The van der Waals surface area contributed by atoms with E-state index in [-0.39, 0.29) is 5.97 Å². The summed E-state index contributed by atoms with van der Waals surface area (Å²) in [5.74, 6) is 1.39. The average Bonchev–Trinajstić information content (AvgIpc) is 2.68. The highest BCUT2D eigenvalue weighted by Gasteiger charge is 2.32. The van der Waals surface area contributed by atoms with Crippen LogP contribution in [-0.2, 0) is 21.8 Å². The van der Waals surface area contributed by atoms with E-state index in [1.807, 2.05) is 36.4 Å². The summed E-state index contributed by atoms with van der Waals surface area (Å²) in [4.78, 5) is 11.3. The van der Waals surface area contributed by atoms with E-state index in [1.54, 1.807) is 7.11 Å². The summed E-state index contributed by atoms with van der Waals surface area (Å²) in [5.41, 5.74) is 2.37. The Morgan fingerprint density at radius 1 is 0.774 bits per heavy atom. The molecule has 0 aliphatic rings. The van der Waals surface area contributed by atoms with Gasteiger partial charge in [-0.2, -0.15) is 0 Å². The Hall–Kier alpha value is -1.90. The van der Waals surface area contributed by atoms with Gasteiger partial charge in [0.1, 0.15) is 11.5 Å². The first-order chi connectivity index (χ1) is 14.6. The summed E-state index contributed by atoms with van der Waals surface area (Å²) in [6.07, 6.45) is 4.10. The Kier molecular flexibility index (Phi) is 9.53. The predicted octanol–water partition coefficient (Wildman–Crippen LogP) is 6.61. The Labute approximate surface area is 190 Å². The molecule has 0 N–H and O–H groups in total. The Morgan fingerprint density at radius 3 is 1.71 bits per heavy atom. The Balaban J connectivity index is 1.83. The molecule has 0 amide bonds. The van der Waals surface area contributed by atoms with E-state index in [1.165, 1.54) is 12.5 Å². The number of aryl methyl sites for hydroxylation is 2. The number of carbonyl (C=O) groups excluding carboxylic acids is 1. The van der Waals surface area contributed by atoms with E-state index in [2.05, 4.69) is 38.3 Å². The number of carbonyl (C=O) groups is 1. The van der Waals surface area contributed by atoms with Gasteiger partial charge in [0, 0.05) is 6.92 Å².